The molecule has 7 heteroatoms. The Kier molecular flexibility index (Phi) is 6.04. The molecular weight excluding hydrogens is 275 g/mol. The van der Waals surface area contributed by atoms with E-state index in [-0.39, 0.29) is 16.1 Å². The number of rotatable bonds is 2. The highest BCUT2D eigenvalue weighted by molar-refractivity contribution is 6.32. The minimum absolute atomic E-state index is 0.0189. The first-order valence-corrected chi connectivity index (χ1v) is 5.64. The van der Waals surface area contributed by atoms with E-state index >= 15 is 0 Å². The quantitative estimate of drug-likeness (QED) is 0.522. The Morgan fingerprint density at radius 1 is 1.33 bits per heavy atom. The Morgan fingerprint density at radius 3 is 2.56 bits per heavy atom. The van der Waals surface area contributed by atoms with Gasteiger partial charge >= 0.3 is 0 Å². The smallest absolute Gasteiger partial charge is 0.224 e. The average molecular weight is 285 g/mol. The van der Waals surface area contributed by atoms with Gasteiger partial charge < -0.3 is 5.32 Å². The average Bonchev–Trinajstić information content (AvgIpc) is 2.39. The molecule has 94 valence electrons. The first-order chi connectivity index (χ1) is 8.65. The van der Waals surface area contributed by atoms with E-state index < -0.39 is 0 Å². The summed E-state index contributed by atoms with van der Waals surface area (Å²) >= 11 is 10.8. The van der Waals surface area contributed by atoms with Gasteiger partial charge in [-0.05, 0) is 23.7 Å². The number of hydrogen-bond acceptors (Lipinski definition) is 5. The van der Waals surface area contributed by atoms with Crippen molar-refractivity contribution in [3.8, 4) is 0 Å². The molecule has 0 aliphatic carbocycles. The van der Waals surface area contributed by atoms with Gasteiger partial charge in [-0.3, -0.25) is 9.78 Å². The van der Waals surface area contributed by atoms with Gasteiger partial charge in [0.05, 0.1) is 5.69 Å². The second-order valence-electron chi connectivity index (χ2n) is 2.99. The number of anilines is 1. The number of halogens is 2. The molecule has 0 unspecified atom stereocenters. The molecule has 0 saturated carbocycles. The van der Waals surface area contributed by atoms with Crippen LogP contribution in [0.1, 0.15) is 10.5 Å². The summed E-state index contributed by atoms with van der Waals surface area (Å²) in [5.74, 6) is 0. The summed E-state index contributed by atoms with van der Waals surface area (Å²) < 4.78 is 0. The largest absolute Gasteiger partial charge is 0.387 e. The number of aromatic nitrogens is 3. The highest BCUT2D eigenvalue weighted by atomic mass is 35.5. The first kappa shape index (κ1) is 14.3. The molecule has 1 N–H and O–H groups in total. The molecular formula is C11H10Cl2N4O. The van der Waals surface area contributed by atoms with Crippen molar-refractivity contribution in [2.45, 2.75) is 0 Å². The molecule has 0 atom stereocenters. The van der Waals surface area contributed by atoms with E-state index in [0.717, 1.165) is 5.69 Å². The standard InChI is InChI=1S/C6H8N2.C5H2Cl2N2O/c1-7-6-3-2-4-8-5-6;6-4-1-3(2-10)8-5(7)9-4/h2-5,7H,1H3;1-2H. The molecule has 5 nitrogen and oxygen atoms in total. The van der Waals surface area contributed by atoms with Gasteiger partial charge in [-0.2, -0.15) is 0 Å². The van der Waals surface area contributed by atoms with E-state index in [2.05, 4.69) is 20.3 Å². The Hall–Kier alpha value is -1.72. The van der Waals surface area contributed by atoms with E-state index in [4.69, 9.17) is 23.2 Å². The molecule has 0 aromatic carbocycles. The predicted molar refractivity (Wildman–Crippen MR) is 71.2 cm³/mol. The lowest BCUT2D eigenvalue weighted by atomic mass is 10.4. The molecule has 18 heavy (non-hydrogen) atoms. The van der Waals surface area contributed by atoms with Crippen molar-refractivity contribution in [3.05, 3.63) is 46.7 Å². The summed E-state index contributed by atoms with van der Waals surface area (Å²) in [6.07, 6.45) is 4.08. The van der Waals surface area contributed by atoms with E-state index in [9.17, 15) is 4.79 Å². The molecule has 0 fully saturated rings. The van der Waals surface area contributed by atoms with Crippen LogP contribution in [0.2, 0.25) is 10.4 Å². The lowest BCUT2D eigenvalue weighted by Gasteiger charge is -1.93. The van der Waals surface area contributed by atoms with Crippen LogP contribution in [-0.4, -0.2) is 28.3 Å². The molecule has 0 radical (unpaired) electrons. The highest BCUT2D eigenvalue weighted by Gasteiger charge is 1.97. The number of carbonyl (C=O) groups excluding carboxylic acids is 1. The summed E-state index contributed by atoms with van der Waals surface area (Å²) in [4.78, 5) is 21.1. The van der Waals surface area contributed by atoms with Crippen molar-refractivity contribution in [3.63, 3.8) is 0 Å². The summed E-state index contributed by atoms with van der Waals surface area (Å²) in [5, 5.41) is 3.11. The molecule has 2 aromatic heterocycles. The number of hydrogen-bond donors (Lipinski definition) is 1. The molecule has 0 aliphatic rings. The van der Waals surface area contributed by atoms with Crippen LogP contribution >= 0.6 is 23.2 Å². The van der Waals surface area contributed by atoms with Gasteiger partial charge in [0.1, 0.15) is 10.8 Å². The van der Waals surface area contributed by atoms with Gasteiger partial charge in [0.15, 0.2) is 6.29 Å². The van der Waals surface area contributed by atoms with Crippen LogP contribution in [0.15, 0.2) is 30.6 Å². The minimum Gasteiger partial charge on any atom is -0.387 e. The summed E-state index contributed by atoms with van der Waals surface area (Å²) in [6.45, 7) is 0. The Morgan fingerprint density at radius 2 is 2.11 bits per heavy atom. The fourth-order valence-corrected chi connectivity index (χ4v) is 1.40. The van der Waals surface area contributed by atoms with Crippen LogP contribution in [0.25, 0.3) is 0 Å². The third-order valence-electron chi connectivity index (χ3n) is 1.76. The van der Waals surface area contributed by atoms with Crippen LogP contribution in [0.4, 0.5) is 5.69 Å². The van der Waals surface area contributed by atoms with Gasteiger partial charge in [-0.15, -0.1) is 0 Å². The molecule has 0 spiro atoms. The van der Waals surface area contributed by atoms with Crippen molar-refractivity contribution in [2.75, 3.05) is 12.4 Å². The molecule has 0 saturated heterocycles. The molecule has 2 heterocycles. The monoisotopic (exact) mass is 284 g/mol. The number of nitrogens with zero attached hydrogens (tertiary/aromatic N) is 3. The van der Waals surface area contributed by atoms with Crippen LogP contribution in [-0.2, 0) is 0 Å². The molecule has 2 aromatic rings. The maximum atomic E-state index is 10.1. The van der Waals surface area contributed by atoms with Gasteiger partial charge in [-0.25, -0.2) is 9.97 Å². The number of aldehydes is 1. The normalized spacial score (nSPS) is 9.06. The van der Waals surface area contributed by atoms with Crippen LogP contribution < -0.4 is 5.32 Å². The van der Waals surface area contributed by atoms with Crippen molar-refractivity contribution in [1.82, 2.24) is 15.0 Å². The van der Waals surface area contributed by atoms with Crippen molar-refractivity contribution >= 4 is 35.2 Å². The van der Waals surface area contributed by atoms with Gasteiger partial charge in [-0.1, -0.05) is 11.6 Å². The summed E-state index contributed by atoms with van der Waals surface area (Å²) in [7, 11) is 1.87. The zero-order chi connectivity index (χ0) is 13.4. The summed E-state index contributed by atoms with van der Waals surface area (Å²) in [6, 6.07) is 5.19. The van der Waals surface area contributed by atoms with Crippen molar-refractivity contribution < 1.29 is 4.79 Å². The molecule has 0 aliphatic heterocycles. The minimum atomic E-state index is -0.0189. The maximum Gasteiger partial charge on any atom is 0.224 e. The predicted octanol–water partition coefficient (Wildman–Crippen LogP) is 2.72. The van der Waals surface area contributed by atoms with E-state index in [0.29, 0.717) is 6.29 Å². The van der Waals surface area contributed by atoms with Crippen molar-refractivity contribution in [2.24, 2.45) is 0 Å². The second kappa shape index (κ2) is 7.58. The van der Waals surface area contributed by atoms with E-state index in [1.165, 1.54) is 6.07 Å². The van der Waals surface area contributed by atoms with Gasteiger partial charge in [0.2, 0.25) is 5.28 Å². The highest BCUT2D eigenvalue weighted by Crippen LogP contribution is 2.08. The maximum absolute atomic E-state index is 10.1. The molecule has 0 amide bonds. The fraction of sp³-hybridized carbons (Fsp3) is 0.0909. The topological polar surface area (TPSA) is 67.8 Å². The molecule has 2 rings (SSSR count). The number of pyridine rings is 1. The van der Waals surface area contributed by atoms with Crippen LogP contribution in [0, 0.1) is 0 Å². The number of nitrogens with one attached hydrogen (secondary N) is 1. The SMILES string of the molecule is CNc1cccnc1.O=Cc1cc(Cl)nc(Cl)n1. The zero-order valence-corrected chi connectivity index (χ0v) is 11.0. The van der Waals surface area contributed by atoms with Gasteiger partial charge in [0, 0.05) is 25.5 Å². The Labute approximate surface area is 114 Å². The van der Waals surface area contributed by atoms with Gasteiger partial charge in [0.25, 0.3) is 0 Å². The molecule has 0 bridgehead atoms. The van der Waals surface area contributed by atoms with E-state index in [1.54, 1.807) is 12.4 Å². The second-order valence-corrected chi connectivity index (χ2v) is 3.72. The third-order valence-corrected chi connectivity index (χ3v) is 2.12. The fourth-order valence-electron chi connectivity index (χ4n) is 0.977. The first-order valence-electron chi connectivity index (χ1n) is 4.88. The van der Waals surface area contributed by atoms with Crippen LogP contribution in [0.5, 0.6) is 0 Å². The Bertz CT molecular complexity index is 487. The lowest BCUT2D eigenvalue weighted by molar-refractivity contribution is 0.111. The van der Waals surface area contributed by atoms with Crippen LogP contribution in [0.3, 0.4) is 0 Å². The number of carbonyl (C=O) groups is 1. The third kappa shape index (κ3) is 5.07. The summed E-state index contributed by atoms with van der Waals surface area (Å²) in [5.41, 5.74) is 1.23. The Balaban J connectivity index is 0.000000184. The van der Waals surface area contributed by atoms with E-state index in [1.807, 2.05) is 19.2 Å². The zero-order valence-electron chi connectivity index (χ0n) is 9.47. The lowest BCUT2D eigenvalue weighted by Crippen LogP contribution is -1.89. The van der Waals surface area contributed by atoms with Crippen molar-refractivity contribution in [1.29, 1.82) is 0 Å².